The summed E-state index contributed by atoms with van der Waals surface area (Å²) in [5.41, 5.74) is 0. The third kappa shape index (κ3) is 4.48. The summed E-state index contributed by atoms with van der Waals surface area (Å²) in [7, 11) is 0. The Morgan fingerprint density at radius 3 is 2.72 bits per heavy atom. The fourth-order valence-electron chi connectivity index (χ4n) is 1.02. The number of pyridine rings is 1. The van der Waals surface area contributed by atoms with Crippen LogP contribution in [0.25, 0.3) is 0 Å². The highest BCUT2D eigenvalue weighted by Gasteiger charge is 2.13. The summed E-state index contributed by atoms with van der Waals surface area (Å²) < 4.78 is 0. The van der Waals surface area contributed by atoms with Crippen LogP contribution in [0.3, 0.4) is 0 Å². The topological polar surface area (TPSA) is 91.3 Å². The van der Waals surface area contributed by atoms with E-state index in [0.717, 1.165) is 0 Å². The monoisotopic (exact) mass is 291 g/mol. The number of nitrogens with one attached hydrogen (secondary N) is 2. The zero-order chi connectivity index (χ0) is 13.7. The molecule has 0 radical (unpaired) electrons. The Hall–Kier alpha value is -1.37. The normalized spacial score (nSPS) is 11.9. The SMILES string of the molecule is CC(NCC(=O)Nc1ncc(Cl)cc1Cl)C(=O)O. The first-order valence-corrected chi connectivity index (χ1v) is 5.73. The van der Waals surface area contributed by atoms with Crippen molar-refractivity contribution in [2.45, 2.75) is 13.0 Å². The highest BCUT2D eigenvalue weighted by molar-refractivity contribution is 6.36. The van der Waals surface area contributed by atoms with Crippen LogP contribution in [0.2, 0.25) is 10.0 Å². The third-order valence-corrected chi connectivity index (χ3v) is 2.50. The molecule has 0 bridgehead atoms. The van der Waals surface area contributed by atoms with Crippen LogP contribution < -0.4 is 10.6 Å². The Labute approximate surface area is 113 Å². The fraction of sp³-hybridized carbons (Fsp3) is 0.300. The molecular weight excluding hydrogens is 281 g/mol. The van der Waals surface area contributed by atoms with Crippen molar-refractivity contribution in [2.24, 2.45) is 0 Å². The lowest BCUT2D eigenvalue weighted by molar-refractivity contribution is -0.139. The van der Waals surface area contributed by atoms with E-state index in [1.165, 1.54) is 19.2 Å². The zero-order valence-electron chi connectivity index (χ0n) is 9.41. The second-order valence-corrected chi connectivity index (χ2v) is 4.32. The quantitative estimate of drug-likeness (QED) is 0.763. The Balaban J connectivity index is 2.52. The Morgan fingerprint density at radius 2 is 2.17 bits per heavy atom. The lowest BCUT2D eigenvalue weighted by Crippen LogP contribution is -2.39. The molecule has 0 aromatic carbocycles. The molecule has 0 saturated heterocycles. The summed E-state index contributed by atoms with van der Waals surface area (Å²) in [5.74, 6) is -1.30. The van der Waals surface area contributed by atoms with Crippen LogP contribution in [0, 0.1) is 0 Å². The molecule has 1 unspecified atom stereocenters. The number of hydrogen-bond donors (Lipinski definition) is 3. The minimum atomic E-state index is -1.04. The van der Waals surface area contributed by atoms with E-state index in [-0.39, 0.29) is 17.4 Å². The van der Waals surface area contributed by atoms with Gasteiger partial charge in [0.2, 0.25) is 5.91 Å². The van der Waals surface area contributed by atoms with E-state index in [1.54, 1.807) is 0 Å². The van der Waals surface area contributed by atoms with Crippen molar-refractivity contribution in [3.8, 4) is 0 Å². The number of halogens is 2. The Morgan fingerprint density at radius 1 is 1.50 bits per heavy atom. The van der Waals surface area contributed by atoms with Crippen molar-refractivity contribution >= 4 is 40.9 Å². The van der Waals surface area contributed by atoms with Gasteiger partial charge in [0, 0.05) is 6.20 Å². The smallest absolute Gasteiger partial charge is 0.320 e. The molecule has 1 atom stereocenters. The van der Waals surface area contributed by atoms with Crippen LogP contribution in [0.4, 0.5) is 5.82 Å². The van der Waals surface area contributed by atoms with Crippen molar-refractivity contribution in [3.63, 3.8) is 0 Å². The molecule has 1 rings (SSSR count). The first kappa shape index (κ1) is 14.7. The number of aliphatic carboxylic acids is 1. The van der Waals surface area contributed by atoms with E-state index >= 15 is 0 Å². The van der Waals surface area contributed by atoms with E-state index in [0.29, 0.717) is 5.02 Å². The minimum absolute atomic E-state index is 0.159. The molecule has 3 N–H and O–H groups in total. The third-order valence-electron chi connectivity index (χ3n) is 2.00. The van der Waals surface area contributed by atoms with Gasteiger partial charge in [0.25, 0.3) is 0 Å². The Bertz CT molecular complexity index is 468. The van der Waals surface area contributed by atoms with Crippen LogP contribution in [0.5, 0.6) is 0 Å². The number of nitrogens with zero attached hydrogens (tertiary/aromatic N) is 1. The second-order valence-electron chi connectivity index (χ2n) is 3.47. The number of rotatable bonds is 5. The molecule has 8 heteroatoms. The molecule has 6 nitrogen and oxygen atoms in total. The number of carbonyl (C=O) groups is 2. The number of hydrogen-bond acceptors (Lipinski definition) is 4. The Kier molecular flexibility index (Phi) is 5.33. The molecular formula is C10H11Cl2N3O3. The van der Waals surface area contributed by atoms with Crippen LogP contribution in [0.1, 0.15) is 6.92 Å². The van der Waals surface area contributed by atoms with Gasteiger partial charge < -0.3 is 10.4 Å². The van der Waals surface area contributed by atoms with E-state index in [9.17, 15) is 9.59 Å². The largest absolute Gasteiger partial charge is 0.480 e. The second kappa shape index (κ2) is 6.53. The van der Waals surface area contributed by atoms with Crippen molar-refractivity contribution in [1.82, 2.24) is 10.3 Å². The molecule has 0 fully saturated rings. The molecule has 1 aromatic rings. The summed E-state index contributed by atoms with van der Waals surface area (Å²) >= 11 is 11.5. The predicted molar refractivity (Wildman–Crippen MR) is 68.0 cm³/mol. The van der Waals surface area contributed by atoms with E-state index < -0.39 is 17.9 Å². The standard InChI is InChI=1S/C10H11Cl2N3O3/c1-5(10(17)18)13-4-8(16)15-9-7(12)2-6(11)3-14-9/h2-3,5,13H,4H2,1H3,(H,17,18)(H,14,15,16). The van der Waals surface area contributed by atoms with Crippen LogP contribution in [-0.2, 0) is 9.59 Å². The van der Waals surface area contributed by atoms with E-state index in [4.69, 9.17) is 28.3 Å². The molecule has 0 saturated carbocycles. The average Bonchev–Trinajstić information content (AvgIpc) is 2.29. The van der Waals surface area contributed by atoms with E-state index in [1.807, 2.05) is 0 Å². The maximum absolute atomic E-state index is 11.5. The van der Waals surface area contributed by atoms with Crippen molar-refractivity contribution in [2.75, 3.05) is 11.9 Å². The van der Waals surface area contributed by atoms with Crippen LogP contribution in [0.15, 0.2) is 12.3 Å². The molecule has 0 aliphatic heterocycles. The molecule has 0 aliphatic rings. The van der Waals surface area contributed by atoms with Gasteiger partial charge in [-0.3, -0.25) is 14.9 Å². The van der Waals surface area contributed by atoms with Gasteiger partial charge in [-0.15, -0.1) is 0 Å². The molecule has 1 amide bonds. The summed E-state index contributed by atoms with van der Waals surface area (Å²) in [6.07, 6.45) is 1.34. The number of carboxylic acids is 1. The van der Waals surface area contributed by atoms with Gasteiger partial charge >= 0.3 is 5.97 Å². The maximum atomic E-state index is 11.5. The first-order valence-electron chi connectivity index (χ1n) is 4.97. The molecule has 18 heavy (non-hydrogen) atoms. The summed E-state index contributed by atoms with van der Waals surface area (Å²) in [6.45, 7) is 1.28. The highest BCUT2D eigenvalue weighted by Crippen LogP contribution is 2.22. The fourth-order valence-corrected chi connectivity index (χ4v) is 1.44. The van der Waals surface area contributed by atoms with Gasteiger partial charge in [0.15, 0.2) is 5.82 Å². The van der Waals surface area contributed by atoms with Crippen molar-refractivity contribution in [1.29, 1.82) is 0 Å². The zero-order valence-corrected chi connectivity index (χ0v) is 10.9. The van der Waals surface area contributed by atoms with Gasteiger partial charge in [-0.25, -0.2) is 4.98 Å². The number of aromatic nitrogens is 1. The summed E-state index contributed by atoms with van der Waals surface area (Å²) in [5, 5.41) is 14.1. The number of carbonyl (C=O) groups excluding carboxylic acids is 1. The summed E-state index contributed by atoms with van der Waals surface area (Å²) in [6, 6.07) is 0.628. The van der Waals surface area contributed by atoms with E-state index in [2.05, 4.69) is 15.6 Å². The van der Waals surface area contributed by atoms with Crippen molar-refractivity contribution in [3.05, 3.63) is 22.3 Å². The predicted octanol–water partition coefficient (Wildman–Crippen LogP) is 1.39. The number of anilines is 1. The number of amides is 1. The summed E-state index contributed by atoms with van der Waals surface area (Å²) in [4.78, 5) is 25.8. The van der Waals surface area contributed by atoms with Gasteiger partial charge in [-0.1, -0.05) is 23.2 Å². The average molecular weight is 292 g/mol. The molecule has 0 aliphatic carbocycles. The maximum Gasteiger partial charge on any atom is 0.320 e. The van der Waals surface area contributed by atoms with Crippen LogP contribution in [-0.4, -0.2) is 34.6 Å². The van der Waals surface area contributed by atoms with Gasteiger partial charge in [0.05, 0.1) is 16.6 Å². The van der Waals surface area contributed by atoms with Gasteiger partial charge in [0.1, 0.15) is 6.04 Å². The molecule has 98 valence electrons. The van der Waals surface area contributed by atoms with Gasteiger partial charge in [-0.05, 0) is 13.0 Å². The minimum Gasteiger partial charge on any atom is -0.480 e. The van der Waals surface area contributed by atoms with Gasteiger partial charge in [-0.2, -0.15) is 0 Å². The van der Waals surface area contributed by atoms with Crippen molar-refractivity contribution < 1.29 is 14.7 Å². The molecule has 0 spiro atoms. The highest BCUT2D eigenvalue weighted by atomic mass is 35.5. The lowest BCUT2D eigenvalue weighted by Gasteiger charge is -2.09. The number of carboxylic acid groups (broad SMARTS) is 1. The molecule has 1 heterocycles. The molecule has 1 aromatic heterocycles. The lowest BCUT2D eigenvalue weighted by atomic mass is 10.3. The van der Waals surface area contributed by atoms with Crippen LogP contribution >= 0.6 is 23.2 Å². The first-order chi connectivity index (χ1) is 8.40.